The molecule has 0 saturated heterocycles. The third kappa shape index (κ3) is 1.62. The zero-order valence-corrected chi connectivity index (χ0v) is 9.34. The molecular weight excluding hydrogens is 190 g/mol. The first-order valence-corrected chi connectivity index (χ1v) is 5.81. The Labute approximate surface area is 88.8 Å². The van der Waals surface area contributed by atoms with Gasteiger partial charge in [0.25, 0.3) is 0 Å². The zero-order chi connectivity index (χ0) is 9.97. The van der Waals surface area contributed by atoms with Gasteiger partial charge in [0.1, 0.15) is 7.05 Å². The number of benzene rings is 1. The molecule has 0 atom stereocenters. The average Bonchev–Trinajstić information content (AvgIpc) is 2.23. The molecule has 0 spiro atoms. The van der Waals surface area contributed by atoms with E-state index in [1.807, 2.05) is 11.8 Å². The van der Waals surface area contributed by atoms with Gasteiger partial charge in [-0.3, -0.25) is 0 Å². The molecule has 2 rings (SSSR count). The molecule has 0 bridgehead atoms. The van der Waals surface area contributed by atoms with Crippen LogP contribution in [0.25, 0.3) is 10.8 Å². The van der Waals surface area contributed by atoms with Crippen molar-refractivity contribution >= 4 is 22.5 Å². The summed E-state index contributed by atoms with van der Waals surface area (Å²) >= 11 is 1.89. The summed E-state index contributed by atoms with van der Waals surface area (Å²) in [5.74, 6) is 1.11. The Kier molecular flexibility index (Phi) is 2.73. The largest absolute Gasteiger partial charge is 0.247 e. The van der Waals surface area contributed by atoms with Gasteiger partial charge in [-0.1, -0.05) is 36.9 Å². The Bertz CT molecular complexity index is 451. The summed E-state index contributed by atoms with van der Waals surface area (Å²) in [6.45, 7) is 2.19. The number of fused-ring (bicyclic) bond motifs is 1. The van der Waals surface area contributed by atoms with Crippen molar-refractivity contribution in [1.82, 2.24) is 0 Å². The lowest BCUT2D eigenvalue weighted by molar-refractivity contribution is -0.706. The maximum absolute atomic E-state index is 2.19. The van der Waals surface area contributed by atoms with Gasteiger partial charge in [-0.15, -0.1) is 0 Å². The maximum Gasteiger partial charge on any atom is 0.247 e. The summed E-state index contributed by atoms with van der Waals surface area (Å²) in [6.07, 6.45) is 2.13. The molecule has 72 valence electrons. The van der Waals surface area contributed by atoms with Gasteiger partial charge in [0, 0.05) is 11.8 Å². The number of hydrogen-bond acceptors (Lipinski definition) is 1. The van der Waals surface area contributed by atoms with E-state index < -0.39 is 0 Å². The SMILES string of the molecule is CCSc1c2ccccc2cc[n+]1C. The summed E-state index contributed by atoms with van der Waals surface area (Å²) in [6, 6.07) is 10.7. The Morgan fingerprint density at radius 3 is 2.79 bits per heavy atom. The summed E-state index contributed by atoms with van der Waals surface area (Å²) in [7, 11) is 2.10. The minimum absolute atomic E-state index is 1.11. The Morgan fingerprint density at radius 1 is 1.21 bits per heavy atom. The van der Waals surface area contributed by atoms with Crippen LogP contribution in [0, 0.1) is 0 Å². The summed E-state index contributed by atoms with van der Waals surface area (Å²) in [5.41, 5.74) is 0. The number of hydrogen-bond donors (Lipinski definition) is 0. The van der Waals surface area contributed by atoms with Crippen LogP contribution in [0.3, 0.4) is 0 Å². The van der Waals surface area contributed by atoms with Crippen molar-refractivity contribution in [3.8, 4) is 0 Å². The first-order valence-electron chi connectivity index (χ1n) is 4.83. The number of aryl methyl sites for hydroxylation is 1. The van der Waals surface area contributed by atoms with Gasteiger partial charge in [-0.05, 0) is 11.5 Å². The molecule has 0 aliphatic carbocycles. The van der Waals surface area contributed by atoms with Crippen LogP contribution in [0.4, 0.5) is 0 Å². The van der Waals surface area contributed by atoms with Crippen molar-refractivity contribution in [2.75, 3.05) is 5.75 Å². The molecule has 0 fully saturated rings. The summed E-state index contributed by atoms with van der Waals surface area (Å²) in [4.78, 5) is 0. The van der Waals surface area contributed by atoms with Crippen LogP contribution in [-0.4, -0.2) is 5.75 Å². The highest BCUT2D eigenvalue weighted by molar-refractivity contribution is 7.99. The zero-order valence-electron chi connectivity index (χ0n) is 8.53. The Balaban J connectivity index is 2.69. The number of thioether (sulfide) groups is 1. The maximum atomic E-state index is 2.19. The molecule has 1 heterocycles. The second kappa shape index (κ2) is 4.01. The van der Waals surface area contributed by atoms with Crippen molar-refractivity contribution in [1.29, 1.82) is 0 Å². The van der Waals surface area contributed by atoms with Crippen molar-refractivity contribution < 1.29 is 4.57 Å². The average molecular weight is 204 g/mol. The fraction of sp³-hybridized carbons (Fsp3) is 0.250. The summed E-state index contributed by atoms with van der Waals surface area (Å²) in [5, 5.41) is 4.02. The molecule has 1 aromatic carbocycles. The summed E-state index contributed by atoms with van der Waals surface area (Å²) < 4.78 is 2.19. The van der Waals surface area contributed by atoms with Crippen LogP contribution in [-0.2, 0) is 7.05 Å². The van der Waals surface area contributed by atoms with E-state index in [2.05, 4.69) is 55.1 Å². The molecule has 1 nitrogen and oxygen atoms in total. The lowest BCUT2D eigenvalue weighted by atomic mass is 10.2. The van der Waals surface area contributed by atoms with E-state index in [-0.39, 0.29) is 0 Å². The molecule has 0 unspecified atom stereocenters. The smallest absolute Gasteiger partial charge is 0.195 e. The number of rotatable bonds is 2. The van der Waals surface area contributed by atoms with Gasteiger partial charge in [0.2, 0.25) is 5.03 Å². The van der Waals surface area contributed by atoms with E-state index >= 15 is 0 Å². The molecule has 2 heteroatoms. The van der Waals surface area contributed by atoms with E-state index in [4.69, 9.17) is 0 Å². The molecule has 1 aromatic heterocycles. The van der Waals surface area contributed by atoms with Crippen molar-refractivity contribution in [2.45, 2.75) is 11.9 Å². The van der Waals surface area contributed by atoms with E-state index in [9.17, 15) is 0 Å². The molecule has 0 aliphatic heterocycles. The second-order valence-electron chi connectivity index (χ2n) is 3.25. The number of aromatic nitrogens is 1. The normalized spacial score (nSPS) is 10.7. The van der Waals surface area contributed by atoms with E-state index in [0.717, 1.165) is 5.75 Å². The molecule has 2 aromatic rings. The minimum atomic E-state index is 1.11. The Hall–Kier alpha value is -1.02. The van der Waals surface area contributed by atoms with Crippen LogP contribution in [0.1, 0.15) is 6.92 Å². The van der Waals surface area contributed by atoms with E-state index in [1.165, 1.54) is 15.8 Å². The van der Waals surface area contributed by atoms with Gasteiger partial charge in [-0.25, -0.2) is 0 Å². The second-order valence-corrected chi connectivity index (χ2v) is 4.50. The van der Waals surface area contributed by atoms with E-state index in [1.54, 1.807) is 0 Å². The van der Waals surface area contributed by atoms with E-state index in [0.29, 0.717) is 0 Å². The first-order chi connectivity index (χ1) is 6.83. The molecule has 14 heavy (non-hydrogen) atoms. The lowest BCUT2D eigenvalue weighted by Gasteiger charge is -2.02. The predicted octanol–water partition coefficient (Wildman–Crippen LogP) is 2.78. The number of pyridine rings is 1. The van der Waals surface area contributed by atoms with Crippen LogP contribution < -0.4 is 4.57 Å². The van der Waals surface area contributed by atoms with Gasteiger partial charge in [0.15, 0.2) is 6.20 Å². The molecule has 0 N–H and O–H groups in total. The molecule has 0 radical (unpaired) electrons. The van der Waals surface area contributed by atoms with Crippen LogP contribution in [0.5, 0.6) is 0 Å². The highest BCUT2D eigenvalue weighted by atomic mass is 32.2. The van der Waals surface area contributed by atoms with Crippen LogP contribution in [0.2, 0.25) is 0 Å². The Morgan fingerprint density at radius 2 is 2.00 bits per heavy atom. The van der Waals surface area contributed by atoms with Crippen LogP contribution in [0.15, 0.2) is 41.6 Å². The fourth-order valence-corrected chi connectivity index (χ4v) is 2.48. The van der Waals surface area contributed by atoms with Gasteiger partial charge in [0.05, 0.1) is 5.39 Å². The monoisotopic (exact) mass is 204 g/mol. The lowest BCUT2D eigenvalue weighted by Crippen LogP contribution is -2.30. The third-order valence-corrected chi connectivity index (χ3v) is 3.34. The van der Waals surface area contributed by atoms with Gasteiger partial charge in [-0.2, -0.15) is 4.57 Å². The van der Waals surface area contributed by atoms with Crippen molar-refractivity contribution in [2.24, 2.45) is 7.05 Å². The predicted molar refractivity (Wildman–Crippen MR) is 61.5 cm³/mol. The van der Waals surface area contributed by atoms with Gasteiger partial charge >= 0.3 is 0 Å². The highest BCUT2D eigenvalue weighted by Crippen LogP contribution is 2.23. The quantitative estimate of drug-likeness (QED) is 0.537. The van der Waals surface area contributed by atoms with Gasteiger partial charge < -0.3 is 0 Å². The molecule has 0 aliphatic rings. The minimum Gasteiger partial charge on any atom is -0.195 e. The third-order valence-electron chi connectivity index (χ3n) is 2.27. The highest BCUT2D eigenvalue weighted by Gasteiger charge is 2.10. The first kappa shape index (κ1) is 9.53. The molecule has 0 amide bonds. The standard InChI is InChI=1S/C12H14NS/c1-3-14-12-11-7-5-4-6-10(11)8-9-13(12)2/h4-9H,3H2,1-2H3/q+1. The molecular formula is C12H14NS+. The molecule has 0 saturated carbocycles. The fourth-order valence-electron chi connectivity index (χ4n) is 1.60. The topological polar surface area (TPSA) is 3.88 Å². The van der Waals surface area contributed by atoms with Crippen molar-refractivity contribution in [3.63, 3.8) is 0 Å². The number of nitrogens with zero attached hydrogens (tertiary/aromatic N) is 1. The van der Waals surface area contributed by atoms with Crippen molar-refractivity contribution in [3.05, 3.63) is 36.5 Å². The van der Waals surface area contributed by atoms with Crippen LogP contribution >= 0.6 is 11.8 Å².